The van der Waals surface area contributed by atoms with Crippen LogP contribution in [0.2, 0.25) is 0 Å². The molecule has 0 atom stereocenters. The molecule has 0 aliphatic rings. The van der Waals surface area contributed by atoms with Gasteiger partial charge in [0.25, 0.3) is 0 Å². The second-order valence-corrected chi connectivity index (χ2v) is 5.98. The van der Waals surface area contributed by atoms with Gasteiger partial charge in [-0.25, -0.2) is 0 Å². The maximum absolute atomic E-state index is 11.0. The molecular formula is C21H22N2O2. The molecule has 1 heterocycles. The van der Waals surface area contributed by atoms with Crippen LogP contribution in [0.3, 0.4) is 0 Å². The van der Waals surface area contributed by atoms with Gasteiger partial charge in [0.05, 0.1) is 12.5 Å². The molecule has 0 aliphatic heterocycles. The number of carbonyl (C=O) groups excluding carboxylic acids is 1. The summed E-state index contributed by atoms with van der Waals surface area (Å²) >= 11 is 0. The Morgan fingerprint density at radius 3 is 2.72 bits per heavy atom. The molecule has 0 spiro atoms. The summed E-state index contributed by atoms with van der Waals surface area (Å²) in [5.74, 6) is 0. The highest BCUT2D eigenvalue weighted by Crippen LogP contribution is 2.34. The molecule has 0 fully saturated rings. The molecule has 3 rings (SSSR count). The molecule has 2 aromatic carbocycles. The molecule has 0 aliphatic carbocycles. The zero-order valence-electron chi connectivity index (χ0n) is 14.5. The normalized spacial score (nSPS) is 10.5. The predicted octanol–water partition coefficient (Wildman–Crippen LogP) is 4.65. The average Bonchev–Trinajstić information content (AvgIpc) is 3.14. The van der Waals surface area contributed by atoms with E-state index in [1.807, 2.05) is 25.2 Å². The van der Waals surface area contributed by atoms with E-state index < -0.39 is 0 Å². The van der Waals surface area contributed by atoms with Gasteiger partial charge in [-0.2, -0.15) is 0 Å². The van der Waals surface area contributed by atoms with Crippen LogP contribution in [0.25, 0.3) is 11.1 Å². The molecule has 1 aromatic heterocycles. The molecule has 3 aromatic rings. The Morgan fingerprint density at radius 2 is 2.00 bits per heavy atom. The summed E-state index contributed by atoms with van der Waals surface area (Å²) in [6, 6.07) is 14.4. The van der Waals surface area contributed by atoms with Gasteiger partial charge >= 0.3 is 0 Å². The van der Waals surface area contributed by atoms with Gasteiger partial charge in [-0.05, 0) is 47.9 Å². The van der Waals surface area contributed by atoms with Crippen molar-refractivity contribution in [1.29, 1.82) is 0 Å². The summed E-state index contributed by atoms with van der Waals surface area (Å²) in [5.41, 5.74) is 7.59. The third kappa shape index (κ3) is 3.74. The summed E-state index contributed by atoms with van der Waals surface area (Å²) in [6.45, 7) is 2.80. The molecule has 128 valence electrons. The fourth-order valence-corrected chi connectivity index (χ4v) is 3.04. The highest BCUT2D eigenvalue weighted by atomic mass is 16.3. The molecule has 0 unspecified atom stereocenters. The zero-order valence-corrected chi connectivity index (χ0v) is 14.5. The second-order valence-electron chi connectivity index (χ2n) is 5.98. The van der Waals surface area contributed by atoms with E-state index in [0.717, 1.165) is 39.9 Å². The van der Waals surface area contributed by atoms with Crippen LogP contribution in [0, 0.1) is 6.92 Å². The van der Waals surface area contributed by atoms with Crippen molar-refractivity contribution < 1.29 is 9.21 Å². The average molecular weight is 334 g/mol. The summed E-state index contributed by atoms with van der Waals surface area (Å²) in [6.07, 6.45) is 4.76. The molecule has 0 amide bonds. The maximum Gasteiger partial charge on any atom is 0.124 e. The van der Waals surface area contributed by atoms with Gasteiger partial charge in [-0.3, -0.25) is 0 Å². The van der Waals surface area contributed by atoms with E-state index in [1.165, 1.54) is 5.56 Å². The van der Waals surface area contributed by atoms with Gasteiger partial charge in [0, 0.05) is 42.5 Å². The SMILES string of the molecule is CNc1ccc(-c2c(C)cccc2NCc2ccoc2)cc1CC=O. The number of nitrogens with one attached hydrogen (secondary N) is 2. The number of aldehydes is 1. The number of hydrogen-bond acceptors (Lipinski definition) is 4. The smallest absolute Gasteiger partial charge is 0.124 e. The lowest BCUT2D eigenvalue weighted by molar-refractivity contribution is -0.107. The number of rotatable bonds is 7. The summed E-state index contributed by atoms with van der Waals surface area (Å²) in [5, 5.41) is 6.64. The van der Waals surface area contributed by atoms with Crippen molar-refractivity contribution in [1.82, 2.24) is 0 Å². The van der Waals surface area contributed by atoms with Crippen molar-refractivity contribution in [3.63, 3.8) is 0 Å². The van der Waals surface area contributed by atoms with E-state index in [2.05, 4.69) is 41.8 Å². The molecule has 2 N–H and O–H groups in total. The molecule has 0 radical (unpaired) electrons. The highest BCUT2D eigenvalue weighted by Gasteiger charge is 2.11. The van der Waals surface area contributed by atoms with Gasteiger partial charge in [0.2, 0.25) is 0 Å². The van der Waals surface area contributed by atoms with Gasteiger partial charge < -0.3 is 19.8 Å². The first kappa shape index (κ1) is 16.8. The third-order valence-electron chi connectivity index (χ3n) is 4.30. The molecule has 0 saturated heterocycles. The fourth-order valence-electron chi connectivity index (χ4n) is 3.04. The Balaban J connectivity index is 1.98. The third-order valence-corrected chi connectivity index (χ3v) is 4.30. The van der Waals surface area contributed by atoms with Crippen LogP contribution in [-0.4, -0.2) is 13.3 Å². The van der Waals surface area contributed by atoms with Crippen LogP contribution in [0.5, 0.6) is 0 Å². The van der Waals surface area contributed by atoms with Crippen molar-refractivity contribution >= 4 is 17.7 Å². The summed E-state index contributed by atoms with van der Waals surface area (Å²) in [7, 11) is 1.87. The first-order chi connectivity index (χ1) is 12.2. The number of aryl methyl sites for hydroxylation is 1. The second kappa shape index (κ2) is 7.71. The van der Waals surface area contributed by atoms with E-state index in [1.54, 1.807) is 12.5 Å². The lowest BCUT2D eigenvalue weighted by Gasteiger charge is -2.16. The Kier molecular flexibility index (Phi) is 5.19. The van der Waals surface area contributed by atoms with Gasteiger partial charge in [-0.15, -0.1) is 0 Å². The van der Waals surface area contributed by atoms with Gasteiger partial charge in [0.1, 0.15) is 6.29 Å². The first-order valence-electron chi connectivity index (χ1n) is 8.32. The molecule has 0 bridgehead atoms. The monoisotopic (exact) mass is 334 g/mol. The zero-order chi connectivity index (χ0) is 17.6. The van der Waals surface area contributed by atoms with E-state index >= 15 is 0 Å². The molecule has 4 nitrogen and oxygen atoms in total. The van der Waals surface area contributed by atoms with E-state index in [0.29, 0.717) is 13.0 Å². The number of anilines is 2. The highest BCUT2D eigenvalue weighted by molar-refractivity contribution is 5.82. The minimum absolute atomic E-state index is 0.397. The van der Waals surface area contributed by atoms with Crippen molar-refractivity contribution in [3.05, 3.63) is 71.7 Å². The number of hydrogen-bond donors (Lipinski definition) is 2. The van der Waals surface area contributed by atoms with Crippen molar-refractivity contribution in [2.24, 2.45) is 0 Å². The molecule has 25 heavy (non-hydrogen) atoms. The first-order valence-corrected chi connectivity index (χ1v) is 8.32. The van der Waals surface area contributed by atoms with Gasteiger partial charge in [-0.1, -0.05) is 18.2 Å². The summed E-state index contributed by atoms with van der Waals surface area (Å²) < 4.78 is 5.13. The molecule has 0 saturated carbocycles. The standard InChI is InChI=1S/C21H22N2O2/c1-15-4-3-5-20(23-13-16-9-11-25-14-16)21(15)18-6-7-19(22-2)17(12-18)8-10-24/h3-7,9-12,14,22-23H,8,13H2,1-2H3. The van der Waals surface area contributed by atoms with Gasteiger partial charge in [0.15, 0.2) is 0 Å². The van der Waals surface area contributed by atoms with Crippen LogP contribution in [0.1, 0.15) is 16.7 Å². The quantitative estimate of drug-likeness (QED) is 0.618. The van der Waals surface area contributed by atoms with Crippen LogP contribution < -0.4 is 10.6 Å². The van der Waals surface area contributed by atoms with Crippen molar-refractivity contribution in [3.8, 4) is 11.1 Å². The summed E-state index contributed by atoms with van der Waals surface area (Å²) in [4.78, 5) is 11.0. The van der Waals surface area contributed by atoms with Crippen molar-refractivity contribution in [2.75, 3.05) is 17.7 Å². The van der Waals surface area contributed by atoms with Crippen molar-refractivity contribution in [2.45, 2.75) is 19.9 Å². The van der Waals surface area contributed by atoms with Crippen LogP contribution in [-0.2, 0) is 17.8 Å². The minimum Gasteiger partial charge on any atom is -0.472 e. The van der Waals surface area contributed by atoms with Crippen LogP contribution in [0.15, 0.2) is 59.4 Å². The lowest BCUT2D eigenvalue weighted by atomic mass is 9.95. The van der Waals surface area contributed by atoms with E-state index in [-0.39, 0.29) is 0 Å². The molecule has 4 heteroatoms. The number of carbonyl (C=O) groups is 1. The topological polar surface area (TPSA) is 54.3 Å². The Hall–Kier alpha value is -3.01. The molecular weight excluding hydrogens is 312 g/mol. The lowest BCUT2D eigenvalue weighted by Crippen LogP contribution is -2.02. The Labute approximate surface area is 147 Å². The Bertz CT molecular complexity index is 854. The van der Waals surface area contributed by atoms with Crippen LogP contribution >= 0.6 is 0 Å². The minimum atomic E-state index is 0.397. The fraction of sp³-hybridized carbons (Fsp3) is 0.190. The van der Waals surface area contributed by atoms with Crippen LogP contribution in [0.4, 0.5) is 11.4 Å². The predicted molar refractivity (Wildman–Crippen MR) is 102 cm³/mol. The number of furan rings is 1. The number of benzene rings is 2. The van der Waals surface area contributed by atoms with E-state index in [4.69, 9.17) is 4.42 Å². The van der Waals surface area contributed by atoms with E-state index in [9.17, 15) is 4.79 Å². The maximum atomic E-state index is 11.0. The Morgan fingerprint density at radius 1 is 1.12 bits per heavy atom. The largest absolute Gasteiger partial charge is 0.472 e.